The van der Waals surface area contributed by atoms with Crippen LogP contribution in [0.15, 0.2) is 64.4 Å². The highest BCUT2D eigenvalue weighted by Crippen LogP contribution is 2.32. The zero-order valence-corrected chi connectivity index (χ0v) is 18.2. The minimum Gasteiger partial charge on any atom is -0.353 e. The van der Waals surface area contributed by atoms with E-state index in [1.54, 1.807) is 25.1 Å². The molecule has 0 saturated carbocycles. The van der Waals surface area contributed by atoms with Gasteiger partial charge in [0.2, 0.25) is 5.91 Å². The lowest BCUT2D eigenvalue weighted by Gasteiger charge is -2.15. The molecule has 1 saturated heterocycles. The lowest BCUT2D eigenvalue weighted by atomic mass is 10.2. The lowest BCUT2D eigenvalue weighted by Crippen LogP contribution is -2.39. The highest BCUT2D eigenvalue weighted by molar-refractivity contribution is 8.18. The van der Waals surface area contributed by atoms with E-state index in [4.69, 9.17) is 0 Å². The molecule has 0 bridgehead atoms. The topological polar surface area (TPSA) is 110 Å². The van der Waals surface area contributed by atoms with Crippen molar-refractivity contribution < 1.29 is 19.3 Å². The Morgan fingerprint density at radius 3 is 2.52 bits per heavy atom. The van der Waals surface area contributed by atoms with Gasteiger partial charge in [-0.05, 0) is 42.5 Å². The predicted molar refractivity (Wildman–Crippen MR) is 121 cm³/mol. The second-order valence-electron chi connectivity index (χ2n) is 6.55. The van der Waals surface area contributed by atoms with E-state index in [9.17, 15) is 24.5 Å². The summed E-state index contributed by atoms with van der Waals surface area (Å²) in [4.78, 5) is 49.4. The van der Waals surface area contributed by atoms with Gasteiger partial charge < -0.3 is 5.32 Å². The highest BCUT2D eigenvalue weighted by atomic mass is 32.2. The molecule has 31 heavy (non-hydrogen) atoms. The summed E-state index contributed by atoms with van der Waals surface area (Å²) in [6.45, 7) is 1.93. The fourth-order valence-corrected chi connectivity index (χ4v) is 4.49. The third-order valence-corrected chi connectivity index (χ3v) is 6.35. The number of carbonyl (C=O) groups excluding carboxylic acids is 3. The summed E-state index contributed by atoms with van der Waals surface area (Å²) in [5.74, 6) is -0.628. The Morgan fingerprint density at radius 2 is 1.87 bits per heavy atom. The Bertz CT molecular complexity index is 1030. The number of carbonyl (C=O) groups is 3. The second kappa shape index (κ2) is 10.3. The zero-order valence-electron chi connectivity index (χ0n) is 16.5. The van der Waals surface area contributed by atoms with Gasteiger partial charge in [-0.2, -0.15) is 0 Å². The van der Waals surface area contributed by atoms with E-state index in [2.05, 4.69) is 5.32 Å². The number of thioether (sulfide) groups is 2. The van der Waals surface area contributed by atoms with Crippen molar-refractivity contribution in [1.29, 1.82) is 0 Å². The first-order valence-corrected chi connectivity index (χ1v) is 11.0. The van der Waals surface area contributed by atoms with E-state index in [0.717, 1.165) is 27.1 Å². The largest absolute Gasteiger partial charge is 0.353 e. The maximum Gasteiger partial charge on any atom is 0.293 e. The number of hydrogen-bond donors (Lipinski definition) is 1. The van der Waals surface area contributed by atoms with Gasteiger partial charge in [0.1, 0.15) is 0 Å². The molecule has 0 aliphatic carbocycles. The number of hydrogen-bond acceptors (Lipinski definition) is 7. The van der Waals surface area contributed by atoms with Crippen molar-refractivity contribution in [2.45, 2.75) is 17.1 Å². The normalized spacial score (nSPS) is 15.9. The van der Waals surface area contributed by atoms with Crippen molar-refractivity contribution in [3.05, 3.63) is 75.2 Å². The molecule has 10 heteroatoms. The fourth-order valence-electron chi connectivity index (χ4n) is 2.73. The molecule has 1 atom stereocenters. The lowest BCUT2D eigenvalue weighted by molar-refractivity contribution is -0.384. The number of nitrogens with zero attached hydrogens (tertiary/aromatic N) is 2. The van der Waals surface area contributed by atoms with Crippen LogP contribution in [0.5, 0.6) is 0 Å². The third kappa shape index (κ3) is 5.96. The molecule has 1 heterocycles. The molecule has 0 aromatic heterocycles. The maximum atomic E-state index is 12.5. The van der Waals surface area contributed by atoms with E-state index in [1.807, 2.05) is 30.3 Å². The monoisotopic (exact) mass is 457 g/mol. The van der Waals surface area contributed by atoms with Crippen molar-refractivity contribution in [2.24, 2.45) is 0 Å². The van der Waals surface area contributed by atoms with E-state index in [-0.39, 0.29) is 35.8 Å². The number of non-ortho nitro benzene ring substituents is 1. The van der Waals surface area contributed by atoms with Gasteiger partial charge >= 0.3 is 0 Å². The molecular formula is C21H19N3O5S2. The minimum absolute atomic E-state index is 0.0139. The Labute approximate surface area is 187 Å². The maximum absolute atomic E-state index is 12.5. The molecule has 3 rings (SSSR count). The van der Waals surface area contributed by atoms with Gasteiger partial charge in [0.25, 0.3) is 16.8 Å². The van der Waals surface area contributed by atoms with Crippen molar-refractivity contribution in [1.82, 2.24) is 10.2 Å². The van der Waals surface area contributed by atoms with E-state index >= 15 is 0 Å². The highest BCUT2D eigenvalue weighted by Gasteiger charge is 2.34. The molecule has 0 spiro atoms. The SMILES string of the molecule is CC(Sc1ccc([N+](=O)[O-])cc1)C(=O)NCCN1C(=O)S/C(=C\c2ccccc2)C1=O. The summed E-state index contributed by atoms with van der Waals surface area (Å²) < 4.78 is 0. The van der Waals surface area contributed by atoms with Crippen LogP contribution in [-0.4, -0.2) is 45.2 Å². The van der Waals surface area contributed by atoms with Gasteiger partial charge in [-0.3, -0.25) is 29.4 Å². The van der Waals surface area contributed by atoms with Crippen LogP contribution in [0.3, 0.4) is 0 Å². The molecule has 0 radical (unpaired) electrons. The van der Waals surface area contributed by atoms with Crippen LogP contribution in [-0.2, 0) is 9.59 Å². The van der Waals surface area contributed by atoms with Crippen LogP contribution in [0.25, 0.3) is 6.08 Å². The Balaban J connectivity index is 1.49. The van der Waals surface area contributed by atoms with Crippen LogP contribution < -0.4 is 5.32 Å². The van der Waals surface area contributed by atoms with Gasteiger partial charge in [-0.15, -0.1) is 11.8 Å². The number of amides is 3. The van der Waals surface area contributed by atoms with Crippen LogP contribution in [0, 0.1) is 10.1 Å². The summed E-state index contributed by atoms with van der Waals surface area (Å²) in [6.07, 6.45) is 1.67. The van der Waals surface area contributed by atoms with Gasteiger partial charge in [0, 0.05) is 30.1 Å². The molecule has 1 aliphatic heterocycles. The number of imide groups is 1. The van der Waals surface area contributed by atoms with Crippen LogP contribution >= 0.6 is 23.5 Å². The molecule has 2 aromatic carbocycles. The Morgan fingerprint density at radius 1 is 1.19 bits per heavy atom. The van der Waals surface area contributed by atoms with Crippen LogP contribution in [0.2, 0.25) is 0 Å². The van der Waals surface area contributed by atoms with Gasteiger partial charge in [0.15, 0.2) is 0 Å². The first kappa shape index (κ1) is 22.6. The molecule has 3 amide bonds. The minimum atomic E-state index is -0.482. The van der Waals surface area contributed by atoms with Gasteiger partial charge in [-0.25, -0.2) is 0 Å². The fraction of sp³-hybridized carbons (Fsp3) is 0.190. The summed E-state index contributed by atoms with van der Waals surface area (Å²) >= 11 is 2.14. The smallest absolute Gasteiger partial charge is 0.293 e. The van der Waals surface area contributed by atoms with E-state index < -0.39 is 10.2 Å². The number of rotatable bonds is 8. The number of nitro groups is 1. The molecule has 1 fully saturated rings. The average Bonchev–Trinajstić information content (AvgIpc) is 3.02. The molecule has 8 nitrogen and oxygen atoms in total. The molecule has 160 valence electrons. The Kier molecular flexibility index (Phi) is 7.48. The summed E-state index contributed by atoms with van der Waals surface area (Å²) in [7, 11) is 0. The van der Waals surface area contributed by atoms with Crippen molar-refractivity contribution in [2.75, 3.05) is 13.1 Å². The number of benzene rings is 2. The Hall–Kier alpha value is -3.11. The summed E-state index contributed by atoms with van der Waals surface area (Å²) in [5, 5.41) is 12.6. The molecule has 1 aliphatic rings. The standard InChI is InChI=1S/C21H19N3O5S2/c1-14(30-17-9-7-16(8-10-17)24(28)29)19(25)22-11-12-23-20(26)18(31-21(23)27)13-15-5-3-2-4-6-15/h2-10,13-14H,11-12H2,1H3,(H,22,25)/b18-13-. The summed E-state index contributed by atoms with van der Waals surface area (Å²) in [5.41, 5.74) is 0.818. The molecule has 1 N–H and O–H groups in total. The number of nitro benzene ring substituents is 1. The van der Waals surface area contributed by atoms with Gasteiger partial charge in [0.05, 0.1) is 15.1 Å². The quantitative estimate of drug-likeness (QED) is 0.277. The number of nitrogens with one attached hydrogen (secondary N) is 1. The van der Waals surface area contributed by atoms with Crippen molar-refractivity contribution in [3.8, 4) is 0 Å². The van der Waals surface area contributed by atoms with Crippen molar-refractivity contribution >= 4 is 52.3 Å². The van der Waals surface area contributed by atoms with E-state index in [1.165, 1.54) is 23.9 Å². The third-order valence-electron chi connectivity index (χ3n) is 4.34. The summed E-state index contributed by atoms with van der Waals surface area (Å²) in [6, 6.07) is 15.2. The first-order chi connectivity index (χ1) is 14.8. The second-order valence-corrected chi connectivity index (χ2v) is 8.95. The molecule has 2 aromatic rings. The average molecular weight is 458 g/mol. The van der Waals surface area contributed by atoms with Crippen molar-refractivity contribution in [3.63, 3.8) is 0 Å². The first-order valence-electron chi connectivity index (χ1n) is 9.34. The van der Waals surface area contributed by atoms with Crippen LogP contribution in [0.1, 0.15) is 12.5 Å². The van der Waals surface area contributed by atoms with E-state index in [0.29, 0.717) is 4.91 Å². The molecule has 1 unspecified atom stereocenters. The predicted octanol–water partition coefficient (Wildman–Crippen LogP) is 3.93. The molecular weight excluding hydrogens is 438 g/mol. The van der Waals surface area contributed by atoms with Crippen LogP contribution in [0.4, 0.5) is 10.5 Å². The van der Waals surface area contributed by atoms with Gasteiger partial charge in [-0.1, -0.05) is 30.3 Å². The zero-order chi connectivity index (χ0) is 22.4.